The fourth-order valence-corrected chi connectivity index (χ4v) is 0.759. The Kier molecular flexibility index (Phi) is 2.66. The second-order valence-electron chi connectivity index (χ2n) is 2.27. The minimum Gasteiger partial charge on any atom is -0.461 e. The maximum Gasteiger partial charge on any atom is 0.302 e. The van der Waals surface area contributed by atoms with Gasteiger partial charge in [0.2, 0.25) is 0 Å². The molecule has 0 aliphatic heterocycles. The van der Waals surface area contributed by atoms with Crippen LogP contribution in [0.5, 0.6) is 0 Å². The minimum absolute atomic E-state index is 0.242. The average Bonchev–Trinajstić information content (AvgIpc) is 2.03. The van der Waals surface area contributed by atoms with E-state index in [4.69, 9.17) is 4.74 Å². The van der Waals surface area contributed by atoms with Crippen LogP contribution in [0.25, 0.3) is 0 Å². The first-order valence-electron chi connectivity index (χ1n) is 3.46. The Morgan fingerprint density at radius 2 is 2.00 bits per heavy atom. The van der Waals surface area contributed by atoms with E-state index in [1.807, 2.05) is 30.3 Å². The Hall–Kier alpha value is -1.31. The molecule has 2 heteroatoms. The monoisotopic (exact) mass is 151 g/mol. The summed E-state index contributed by atoms with van der Waals surface area (Å²) in [7, 11) is 0. The molecule has 0 fully saturated rings. The number of carbonyl (C=O) groups excluding carboxylic acids is 1. The first-order chi connectivity index (χ1) is 5.29. The molecule has 1 aromatic rings. The Balaban J connectivity index is 2.45. The first-order valence-corrected chi connectivity index (χ1v) is 3.46. The lowest BCUT2D eigenvalue weighted by Gasteiger charge is -1.99. The molecule has 0 saturated carbocycles. The van der Waals surface area contributed by atoms with E-state index in [0.29, 0.717) is 6.61 Å². The molecule has 0 saturated heterocycles. The van der Waals surface area contributed by atoms with Crippen molar-refractivity contribution in [1.29, 1.82) is 0 Å². The van der Waals surface area contributed by atoms with Gasteiger partial charge in [0, 0.05) is 6.92 Å². The van der Waals surface area contributed by atoms with Crippen LogP contribution in [0.15, 0.2) is 30.3 Å². The Morgan fingerprint density at radius 3 is 2.55 bits per heavy atom. The minimum atomic E-state index is -0.242. The highest BCUT2D eigenvalue weighted by atomic mass is 16.5. The van der Waals surface area contributed by atoms with Crippen molar-refractivity contribution in [1.82, 2.24) is 0 Å². The Labute approximate surface area is 65.8 Å². The summed E-state index contributed by atoms with van der Waals surface area (Å²) >= 11 is 0. The Morgan fingerprint density at radius 1 is 1.36 bits per heavy atom. The molecular formula is C9H10O2. The van der Waals surface area contributed by atoms with Crippen LogP contribution in [0.3, 0.4) is 0 Å². The molecule has 0 aromatic heterocycles. The molecule has 0 spiro atoms. The van der Waals surface area contributed by atoms with Crippen molar-refractivity contribution < 1.29 is 9.53 Å². The number of hydrogen-bond acceptors (Lipinski definition) is 2. The quantitative estimate of drug-likeness (QED) is 0.475. The molecule has 1 rings (SSSR count). The molecule has 0 heterocycles. The van der Waals surface area contributed by atoms with Crippen LogP contribution < -0.4 is 0 Å². The van der Waals surface area contributed by atoms with Crippen molar-refractivity contribution in [2.75, 3.05) is 0 Å². The predicted molar refractivity (Wildman–Crippen MR) is 41.9 cm³/mol. The normalized spacial score (nSPS) is 9.18. The van der Waals surface area contributed by atoms with Gasteiger partial charge < -0.3 is 4.74 Å². The maximum absolute atomic E-state index is 10.4. The van der Waals surface area contributed by atoms with Gasteiger partial charge in [-0.15, -0.1) is 0 Å². The summed E-state index contributed by atoms with van der Waals surface area (Å²) in [5, 5.41) is 0. The van der Waals surface area contributed by atoms with Crippen LogP contribution >= 0.6 is 0 Å². The highest BCUT2D eigenvalue weighted by Crippen LogP contribution is 1.99. The summed E-state index contributed by atoms with van der Waals surface area (Å²) < 4.78 is 4.79. The molecule has 0 aliphatic carbocycles. The topological polar surface area (TPSA) is 26.3 Å². The molecule has 0 aliphatic rings. The third kappa shape index (κ3) is 2.85. The van der Waals surface area contributed by atoms with Crippen LogP contribution in [0.4, 0.5) is 0 Å². The standard InChI is InChI=1S/C9H10O2/c1-8(10)11-7-9-5-3-2-4-6-9/h2-6H,7H2,1H3/i1+1. The van der Waals surface area contributed by atoms with E-state index < -0.39 is 0 Å². The summed E-state index contributed by atoms with van der Waals surface area (Å²) in [6.07, 6.45) is 0. The van der Waals surface area contributed by atoms with Gasteiger partial charge >= 0.3 is 5.97 Å². The van der Waals surface area contributed by atoms with E-state index in [9.17, 15) is 4.79 Å². The fourth-order valence-electron chi connectivity index (χ4n) is 0.759. The molecule has 2 nitrogen and oxygen atoms in total. The zero-order chi connectivity index (χ0) is 8.10. The van der Waals surface area contributed by atoms with E-state index >= 15 is 0 Å². The van der Waals surface area contributed by atoms with Crippen molar-refractivity contribution in [3.8, 4) is 0 Å². The smallest absolute Gasteiger partial charge is 0.302 e. The van der Waals surface area contributed by atoms with Crippen molar-refractivity contribution in [2.45, 2.75) is 13.5 Å². The van der Waals surface area contributed by atoms with Gasteiger partial charge in [-0.1, -0.05) is 30.3 Å². The van der Waals surface area contributed by atoms with Gasteiger partial charge in [0.25, 0.3) is 0 Å². The number of benzene rings is 1. The summed E-state index contributed by atoms with van der Waals surface area (Å²) in [5.41, 5.74) is 1.02. The largest absolute Gasteiger partial charge is 0.461 e. The highest BCUT2D eigenvalue weighted by Gasteiger charge is 1.93. The molecule has 1 aromatic carbocycles. The SMILES string of the molecule is [13CH3]C(=O)OCc1ccccc1. The van der Waals surface area contributed by atoms with Crippen molar-refractivity contribution in [3.05, 3.63) is 35.9 Å². The van der Waals surface area contributed by atoms with Crippen molar-refractivity contribution >= 4 is 5.97 Å². The first kappa shape index (κ1) is 7.79. The third-order valence-corrected chi connectivity index (χ3v) is 1.28. The number of carbonyl (C=O) groups is 1. The summed E-state index contributed by atoms with van der Waals surface area (Å²) in [4.78, 5) is 10.4. The molecule has 0 bridgehead atoms. The van der Waals surface area contributed by atoms with Gasteiger partial charge in [-0.2, -0.15) is 0 Å². The Bertz CT molecular complexity index is 229. The zero-order valence-corrected chi connectivity index (χ0v) is 6.41. The second-order valence-corrected chi connectivity index (χ2v) is 2.27. The van der Waals surface area contributed by atoms with Gasteiger partial charge in [0.05, 0.1) is 0 Å². The van der Waals surface area contributed by atoms with Crippen molar-refractivity contribution in [2.24, 2.45) is 0 Å². The summed E-state index contributed by atoms with van der Waals surface area (Å²) in [6, 6.07) is 9.60. The third-order valence-electron chi connectivity index (χ3n) is 1.28. The van der Waals surface area contributed by atoms with Gasteiger partial charge in [0.1, 0.15) is 6.61 Å². The molecule has 0 atom stereocenters. The van der Waals surface area contributed by atoms with Crippen LogP contribution in [0.2, 0.25) is 0 Å². The van der Waals surface area contributed by atoms with E-state index in [2.05, 4.69) is 0 Å². The number of ether oxygens (including phenoxy) is 1. The van der Waals surface area contributed by atoms with Gasteiger partial charge in [0.15, 0.2) is 0 Å². The highest BCUT2D eigenvalue weighted by molar-refractivity contribution is 5.65. The van der Waals surface area contributed by atoms with Gasteiger partial charge in [-0.3, -0.25) is 4.79 Å². The fraction of sp³-hybridized carbons (Fsp3) is 0.222. The lowest BCUT2D eigenvalue weighted by atomic mass is 10.2. The second kappa shape index (κ2) is 3.76. The average molecular weight is 151 g/mol. The van der Waals surface area contributed by atoms with E-state index in [1.165, 1.54) is 6.92 Å². The lowest BCUT2D eigenvalue weighted by Crippen LogP contribution is -1.97. The van der Waals surface area contributed by atoms with Crippen LogP contribution in [-0.2, 0) is 16.1 Å². The van der Waals surface area contributed by atoms with E-state index in [1.54, 1.807) is 0 Å². The van der Waals surface area contributed by atoms with E-state index in [-0.39, 0.29) is 5.97 Å². The number of rotatable bonds is 2. The molecule has 58 valence electrons. The maximum atomic E-state index is 10.4. The summed E-state index contributed by atoms with van der Waals surface area (Å²) in [5.74, 6) is -0.242. The van der Waals surface area contributed by atoms with Crippen LogP contribution in [0, 0.1) is 0 Å². The molecule has 0 amide bonds. The van der Waals surface area contributed by atoms with Gasteiger partial charge in [-0.25, -0.2) is 0 Å². The van der Waals surface area contributed by atoms with Crippen LogP contribution in [0.1, 0.15) is 12.5 Å². The van der Waals surface area contributed by atoms with E-state index in [0.717, 1.165) is 5.56 Å². The molecule has 0 radical (unpaired) electrons. The molecule has 11 heavy (non-hydrogen) atoms. The molecule has 0 N–H and O–H groups in total. The molecular weight excluding hydrogens is 141 g/mol. The van der Waals surface area contributed by atoms with Crippen LogP contribution in [-0.4, -0.2) is 5.97 Å². The summed E-state index contributed by atoms with van der Waals surface area (Å²) in [6.45, 7) is 1.78. The van der Waals surface area contributed by atoms with Crippen molar-refractivity contribution in [3.63, 3.8) is 0 Å². The number of esters is 1. The number of hydrogen-bond donors (Lipinski definition) is 0. The predicted octanol–water partition coefficient (Wildman–Crippen LogP) is 1.75. The zero-order valence-electron chi connectivity index (χ0n) is 6.41. The molecule has 0 unspecified atom stereocenters. The lowest BCUT2D eigenvalue weighted by molar-refractivity contribution is -0.142. The van der Waals surface area contributed by atoms with Gasteiger partial charge in [-0.05, 0) is 5.56 Å².